The van der Waals surface area contributed by atoms with Gasteiger partial charge in [0.15, 0.2) is 6.10 Å². The van der Waals surface area contributed by atoms with Crippen LogP contribution in [0.25, 0.3) is 10.8 Å². The third-order valence-electron chi connectivity index (χ3n) is 4.68. The lowest BCUT2D eigenvalue weighted by atomic mass is 10.1. The number of ether oxygens (including phenoxy) is 2. The summed E-state index contributed by atoms with van der Waals surface area (Å²) in [6.07, 6.45) is 1.06. The molecule has 0 unspecified atom stereocenters. The minimum Gasteiger partial charge on any atom is -0.492 e. The van der Waals surface area contributed by atoms with E-state index in [1.165, 1.54) is 5.56 Å². The zero-order chi connectivity index (χ0) is 19.8. The number of nitrogens with one attached hydrogen (secondary N) is 1. The van der Waals surface area contributed by atoms with Gasteiger partial charge in [0.25, 0.3) is 5.91 Å². The van der Waals surface area contributed by atoms with Crippen molar-refractivity contribution in [3.63, 3.8) is 0 Å². The Morgan fingerprint density at radius 2 is 1.71 bits per heavy atom. The molecular weight excluding hydrogens is 350 g/mol. The first kappa shape index (κ1) is 19.7. The monoisotopic (exact) mass is 377 g/mol. The largest absolute Gasteiger partial charge is 0.492 e. The van der Waals surface area contributed by atoms with Gasteiger partial charge in [0.2, 0.25) is 0 Å². The molecule has 3 aromatic rings. The first-order valence-electron chi connectivity index (χ1n) is 9.85. The molecule has 0 fully saturated rings. The lowest BCUT2D eigenvalue weighted by Gasteiger charge is -2.18. The highest BCUT2D eigenvalue weighted by Gasteiger charge is 2.18. The highest BCUT2D eigenvalue weighted by atomic mass is 16.5. The molecule has 0 spiro atoms. The predicted octanol–water partition coefficient (Wildman–Crippen LogP) is 4.75. The Balaban J connectivity index is 1.51. The van der Waals surface area contributed by atoms with E-state index in [1.54, 1.807) is 0 Å². The highest BCUT2D eigenvalue weighted by molar-refractivity contribution is 5.89. The summed E-state index contributed by atoms with van der Waals surface area (Å²) < 4.78 is 11.7. The summed E-state index contributed by atoms with van der Waals surface area (Å²) in [6.45, 7) is 4.92. The maximum atomic E-state index is 12.5. The second-order valence-electron chi connectivity index (χ2n) is 6.63. The number of hydrogen-bond donors (Lipinski definition) is 1. The molecule has 4 heteroatoms. The average molecular weight is 377 g/mol. The molecule has 1 amide bonds. The van der Waals surface area contributed by atoms with Crippen LogP contribution in [0.2, 0.25) is 0 Å². The SMILES string of the molecule is CCc1ccc(OCCNC(=O)[C@@H](CC)Oc2cccc3ccccc23)cc1. The molecule has 4 nitrogen and oxygen atoms in total. The van der Waals surface area contributed by atoms with Crippen molar-refractivity contribution >= 4 is 16.7 Å². The van der Waals surface area contributed by atoms with Crippen LogP contribution in [0.3, 0.4) is 0 Å². The number of hydrogen-bond acceptors (Lipinski definition) is 3. The smallest absolute Gasteiger partial charge is 0.261 e. The predicted molar refractivity (Wildman–Crippen MR) is 113 cm³/mol. The van der Waals surface area contributed by atoms with Crippen LogP contribution >= 0.6 is 0 Å². The molecule has 0 heterocycles. The molecule has 0 radical (unpaired) electrons. The fourth-order valence-electron chi connectivity index (χ4n) is 3.05. The number of rotatable bonds is 9. The average Bonchev–Trinajstić information content (AvgIpc) is 2.75. The van der Waals surface area contributed by atoms with Crippen molar-refractivity contribution in [3.05, 3.63) is 72.3 Å². The Labute approximate surface area is 166 Å². The number of amides is 1. The van der Waals surface area contributed by atoms with Gasteiger partial charge in [-0.1, -0.05) is 62.4 Å². The van der Waals surface area contributed by atoms with Crippen molar-refractivity contribution < 1.29 is 14.3 Å². The zero-order valence-electron chi connectivity index (χ0n) is 16.5. The molecule has 0 saturated carbocycles. The standard InChI is InChI=1S/C24H27NO3/c1-3-18-12-14-20(15-13-18)27-17-16-25-24(26)22(4-2)28-23-11-7-9-19-8-5-6-10-21(19)23/h5-15,22H,3-4,16-17H2,1-2H3,(H,25,26)/t22-/m1/s1. The molecule has 1 atom stereocenters. The molecule has 1 N–H and O–H groups in total. The van der Waals surface area contributed by atoms with Gasteiger partial charge < -0.3 is 14.8 Å². The summed E-state index contributed by atoms with van der Waals surface area (Å²) in [7, 11) is 0. The van der Waals surface area contributed by atoms with Gasteiger partial charge in [0.1, 0.15) is 18.1 Å². The normalized spacial score (nSPS) is 11.8. The molecule has 3 aromatic carbocycles. The lowest BCUT2D eigenvalue weighted by molar-refractivity contribution is -0.128. The van der Waals surface area contributed by atoms with Crippen LogP contribution < -0.4 is 14.8 Å². The van der Waals surface area contributed by atoms with Crippen molar-refractivity contribution in [1.82, 2.24) is 5.32 Å². The van der Waals surface area contributed by atoms with Gasteiger partial charge in [-0.05, 0) is 42.0 Å². The van der Waals surface area contributed by atoms with Gasteiger partial charge in [0, 0.05) is 5.39 Å². The molecule has 0 aliphatic carbocycles. The topological polar surface area (TPSA) is 47.6 Å². The van der Waals surface area contributed by atoms with Crippen molar-refractivity contribution in [2.75, 3.05) is 13.2 Å². The van der Waals surface area contributed by atoms with Crippen LogP contribution in [-0.4, -0.2) is 25.2 Å². The van der Waals surface area contributed by atoms with Crippen molar-refractivity contribution in [3.8, 4) is 11.5 Å². The Morgan fingerprint density at radius 3 is 2.46 bits per heavy atom. The lowest BCUT2D eigenvalue weighted by Crippen LogP contribution is -2.39. The van der Waals surface area contributed by atoms with Gasteiger partial charge in [-0.3, -0.25) is 4.79 Å². The van der Waals surface area contributed by atoms with Crippen LogP contribution in [-0.2, 0) is 11.2 Å². The Kier molecular flexibility index (Phi) is 6.90. The van der Waals surface area contributed by atoms with Gasteiger partial charge in [-0.25, -0.2) is 0 Å². The molecule has 28 heavy (non-hydrogen) atoms. The summed E-state index contributed by atoms with van der Waals surface area (Å²) in [5, 5.41) is 5.01. The number of benzene rings is 3. The van der Waals surface area contributed by atoms with Gasteiger partial charge >= 0.3 is 0 Å². The Hall–Kier alpha value is -3.01. The summed E-state index contributed by atoms with van der Waals surface area (Å²) in [5.74, 6) is 1.42. The van der Waals surface area contributed by atoms with E-state index in [1.807, 2.05) is 61.5 Å². The van der Waals surface area contributed by atoms with E-state index in [0.717, 1.165) is 28.7 Å². The van der Waals surface area contributed by atoms with Crippen molar-refractivity contribution in [1.29, 1.82) is 0 Å². The fraction of sp³-hybridized carbons (Fsp3) is 0.292. The summed E-state index contributed by atoms with van der Waals surface area (Å²) in [6, 6.07) is 21.9. The number of carbonyl (C=O) groups is 1. The van der Waals surface area contributed by atoms with Crippen LogP contribution in [0.5, 0.6) is 11.5 Å². The Morgan fingerprint density at radius 1 is 0.964 bits per heavy atom. The van der Waals surface area contributed by atoms with E-state index in [-0.39, 0.29) is 5.91 Å². The van der Waals surface area contributed by atoms with Crippen LogP contribution in [0.15, 0.2) is 66.7 Å². The van der Waals surface area contributed by atoms with E-state index < -0.39 is 6.10 Å². The van der Waals surface area contributed by atoms with Gasteiger partial charge in [-0.15, -0.1) is 0 Å². The summed E-state index contributed by atoms with van der Waals surface area (Å²) in [5.41, 5.74) is 1.28. The summed E-state index contributed by atoms with van der Waals surface area (Å²) >= 11 is 0. The summed E-state index contributed by atoms with van der Waals surface area (Å²) in [4.78, 5) is 12.5. The molecule has 0 aliphatic rings. The number of carbonyl (C=O) groups excluding carboxylic acids is 1. The minimum absolute atomic E-state index is 0.125. The van der Waals surface area contributed by atoms with Crippen LogP contribution in [0, 0.1) is 0 Å². The van der Waals surface area contributed by atoms with Gasteiger partial charge in [0.05, 0.1) is 6.54 Å². The van der Waals surface area contributed by atoms with Crippen molar-refractivity contribution in [2.45, 2.75) is 32.8 Å². The number of aryl methyl sites for hydroxylation is 1. The second-order valence-corrected chi connectivity index (χ2v) is 6.63. The van der Waals surface area contributed by atoms with E-state index in [2.05, 4.69) is 24.4 Å². The Bertz CT molecular complexity index is 900. The van der Waals surface area contributed by atoms with E-state index >= 15 is 0 Å². The third-order valence-corrected chi connectivity index (χ3v) is 4.68. The maximum absolute atomic E-state index is 12.5. The van der Waals surface area contributed by atoms with Crippen molar-refractivity contribution in [2.24, 2.45) is 0 Å². The molecule has 0 aliphatic heterocycles. The van der Waals surface area contributed by atoms with E-state index in [9.17, 15) is 4.79 Å². The van der Waals surface area contributed by atoms with Gasteiger partial charge in [-0.2, -0.15) is 0 Å². The first-order valence-corrected chi connectivity index (χ1v) is 9.85. The minimum atomic E-state index is -0.533. The van der Waals surface area contributed by atoms with Crippen LogP contribution in [0.1, 0.15) is 25.8 Å². The maximum Gasteiger partial charge on any atom is 0.261 e. The molecule has 146 valence electrons. The molecule has 0 saturated heterocycles. The molecule has 0 bridgehead atoms. The molecule has 3 rings (SSSR count). The third kappa shape index (κ3) is 5.03. The zero-order valence-corrected chi connectivity index (χ0v) is 16.5. The second kappa shape index (κ2) is 9.79. The molecular formula is C24H27NO3. The van der Waals surface area contributed by atoms with Crippen LogP contribution in [0.4, 0.5) is 0 Å². The fourth-order valence-corrected chi connectivity index (χ4v) is 3.05. The highest BCUT2D eigenvalue weighted by Crippen LogP contribution is 2.26. The number of fused-ring (bicyclic) bond motifs is 1. The van der Waals surface area contributed by atoms with E-state index in [0.29, 0.717) is 19.6 Å². The quantitative estimate of drug-likeness (QED) is 0.547. The van der Waals surface area contributed by atoms with E-state index in [4.69, 9.17) is 9.47 Å². The first-order chi connectivity index (χ1) is 13.7. The molecule has 0 aromatic heterocycles.